The highest BCUT2D eigenvalue weighted by Crippen LogP contribution is 2.18. The van der Waals surface area contributed by atoms with Crippen LogP contribution in [0.2, 0.25) is 0 Å². The maximum Gasteiger partial charge on any atom is 0.337 e. The van der Waals surface area contributed by atoms with Gasteiger partial charge in [-0.1, -0.05) is 0 Å². The van der Waals surface area contributed by atoms with E-state index in [0.29, 0.717) is 25.9 Å². The van der Waals surface area contributed by atoms with Crippen molar-refractivity contribution in [2.45, 2.75) is 18.4 Å². The zero-order valence-corrected chi connectivity index (χ0v) is 7.82. The summed E-state index contributed by atoms with van der Waals surface area (Å²) in [7, 11) is 1.29. The number of hydrogen-bond donors (Lipinski definition) is 2. The molecule has 12 heavy (non-hydrogen) atoms. The normalized spacial score (nSPS) is 20.8. The molecule has 4 nitrogen and oxygen atoms in total. The highest BCUT2D eigenvalue weighted by Gasteiger charge is 2.37. The molecule has 1 fully saturated rings. The zero-order valence-electron chi connectivity index (χ0n) is 7.00. The van der Waals surface area contributed by atoms with Gasteiger partial charge >= 0.3 is 5.97 Å². The second kappa shape index (κ2) is 4.64. The van der Waals surface area contributed by atoms with Gasteiger partial charge in [0, 0.05) is 0 Å². The van der Waals surface area contributed by atoms with E-state index in [1.54, 1.807) is 0 Å². The van der Waals surface area contributed by atoms with Gasteiger partial charge in [-0.3, -0.25) is 0 Å². The van der Waals surface area contributed by atoms with Crippen molar-refractivity contribution < 1.29 is 14.6 Å². The lowest BCUT2D eigenvalue weighted by Gasteiger charge is -2.29. The maximum atomic E-state index is 11.0. The number of rotatable bonds is 1. The van der Waals surface area contributed by atoms with Gasteiger partial charge in [0.25, 0.3) is 0 Å². The Kier molecular flexibility index (Phi) is 4.52. The van der Waals surface area contributed by atoms with Gasteiger partial charge in [0.15, 0.2) is 5.60 Å². The number of halogens is 1. The Bertz CT molecular complexity index is 157. The van der Waals surface area contributed by atoms with Crippen molar-refractivity contribution in [2.24, 2.45) is 0 Å². The average Bonchev–Trinajstić information content (AvgIpc) is 2.04. The van der Waals surface area contributed by atoms with Crippen molar-refractivity contribution in [2.75, 3.05) is 20.2 Å². The molecule has 5 heteroatoms. The molecule has 1 saturated heterocycles. The van der Waals surface area contributed by atoms with Crippen molar-refractivity contribution in [1.82, 2.24) is 5.32 Å². The molecular formula is C7H14ClNO3. The zero-order chi connectivity index (χ0) is 8.32. The van der Waals surface area contributed by atoms with E-state index < -0.39 is 11.6 Å². The lowest BCUT2D eigenvalue weighted by atomic mass is 9.93. The van der Waals surface area contributed by atoms with E-state index in [4.69, 9.17) is 0 Å². The van der Waals surface area contributed by atoms with E-state index in [9.17, 15) is 9.90 Å². The lowest BCUT2D eigenvalue weighted by Crippen LogP contribution is -2.48. The van der Waals surface area contributed by atoms with E-state index in [0.717, 1.165) is 0 Å². The van der Waals surface area contributed by atoms with Gasteiger partial charge in [0.05, 0.1) is 7.11 Å². The smallest absolute Gasteiger partial charge is 0.337 e. The minimum atomic E-state index is -1.24. The fourth-order valence-corrected chi connectivity index (χ4v) is 1.23. The number of hydrogen-bond acceptors (Lipinski definition) is 4. The number of carbonyl (C=O) groups is 1. The molecule has 0 aromatic rings. The molecular weight excluding hydrogens is 182 g/mol. The molecule has 0 bridgehead atoms. The summed E-state index contributed by atoms with van der Waals surface area (Å²) < 4.78 is 4.48. The third-order valence-corrected chi connectivity index (χ3v) is 2.00. The maximum absolute atomic E-state index is 11.0. The molecule has 1 rings (SSSR count). The predicted octanol–water partition coefficient (Wildman–Crippen LogP) is -0.304. The summed E-state index contributed by atoms with van der Waals surface area (Å²) in [6.45, 7) is 1.34. The summed E-state index contributed by atoms with van der Waals surface area (Å²) in [6, 6.07) is 0. The molecule has 1 aliphatic heterocycles. The van der Waals surface area contributed by atoms with Gasteiger partial charge in [0.2, 0.25) is 0 Å². The van der Waals surface area contributed by atoms with Crippen LogP contribution in [0.25, 0.3) is 0 Å². The van der Waals surface area contributed by atoms with Crippen LogP contribution in [0.3, 0.4) is 0 Å². The van der Waals surface area contributed by atoms with E-state index in [1.165, 1.54) is 7.11 Å². The number of carbonyl (C=O) groups excluding carboxylic acids is 1. The summed E-state index contributed by atoms with van der Waals surface area (Å²) >= 11 is 0. The summed E-state index contributed by atoms with van der Waals surface area (Å²) in [5.41, 5.74) is -1.24. The van der Waals surface area contributed by atoms with Crippen LogP contribution < -0.4 is 5.32 Å². The Hall–Kier alpha value is -0.320. The molecule has 0 aromatic carbocycles. The standard InChI is InChI=1S/C7H13NO3.ClH/c1-11-6(9)7(10)2-4-8-5-3-7;/h8,10H,2-5H2,1H3;1H. The minimum absolute atomic E-state index is 0. The van der Waals surface area contributed by atoms with Crippen LogP contribution in [0.4, 0.5) is 0 Å². The molecule has 0 aliphatic carbocycles. The lowest BCUT2D eigenvalue weighted by molar-refractivity contribution is -0.164. The molecule has 0 radical (unpaired) electrons. The summed E-state index contributed by atoms with van der Waals surface area (Å²) in [4.78, 5) is 11.0. The molecule has 0 spiro atoms. The van der Waals surface area contributed by atoms with Crippen molar-refractivity contribution in [3.63, 3.8) is 0 Å². The second-order valence-electron chi connectivity index (χ2n) is 2.77. The van der Waals surface area contributed by atoms with Gasteiger partial charge in [0.1, 0.15) is 0 Å². The molecule has 2 N–H and O–H groups in total. The number of methoxy groups -OCH3 is 1. The Morgan fingerprint density at radius 1 is 1.50 bits per heavy atom. The first kappa shape index (κ1) is 11.7. The topological polar surface area (TPSA) is 58.6 Å². The molecule has 1 aliphatic rings. The molecule has 0 unspecified atom stereocenters. The van der Waals surface area contributed by atoms with Crippen molar-refractivity contribution in [1.29, 1.82) is 0 Å². The molecule has 0 saturated carbocycles. The Morgan fingerprint density at radius 2 is 2.00 bits per heavy atom. The largest absolute Gasteiger partial charge is 0.467 e. The van der Waals surface area contributed by atoms with Crippen molar-refractivity contribution in [3.8, 4) is 0 Å². The van der Waals surface area contributed by atoms with Crippen LogP contribution in [-0.2, 0) is 9.53 Å². The highest BCUT2D eigenvalue weighted by molar-refractivity contribution is 5.85. The summed E-state index contributed by atoms with van der Waals surface area (Å²) in [5, 5.41) is 12.7. The minimum Gasteiger partial charge on any atom is -0.467 e. The van der Waals surface area contributed by atoms with E-state index in [2.05, 4.69) is 10.1 Å². The Labute approximate surface area is 77.7 Å². The van der Waals surface area contributed by atoms with Crippen LogP contribution in [0.1, 0.15) is 12.8 Å². The molecule has 72 valence electrons. The average molecular weight is 196 g/mol. The number of aliphatic hydroxyl groups is 1. The first-order valence-corrected chi connectivity index (χ1v) is 3.70. The van der Waals surface area contributed by atoms with Crippen molar-refractivity contribution >= 4 is 18.4 Å². The van der Waals surface area contributed by atoms with Crippen molar-refractivity contribution in [3.05, 3.63) is 0 Å². The number of nitrogens with one attached hydrogen (secondary N) is 1. The van der Waals surface area contributed by atoms with Crippen LogP contribution in [0, 0.1) is 0 Å². The van der Waals surface area contributed by atoms with Crippen LogP contribution in [-0.4, -0.2) is 36.9 Å². The number of ether oxygens (including phenoxy) is 1. The van der Waals surface area contributed by atoms with Crippen LogP contribution >= 0.6 is 12.4 Å². The van der Waals surface area contributed by atoms with Crippen LogP contribution in [0.15, 0.2) is 0 Å². The monoisotopic (exact) mass is 195 g/mol. The second-order valence-corrected chi connectivity index (χ2v) is 2.77. The first-order chi connectivity index (χ1) is 5.19. The van der Waals surface area contributed by atoms with Gasteiger partial charge in [-0.25, -0.2) is 4.79 Å². The number of piperidine rings is 1. The molecule has 1 heterocycles. The Morgan fingerprint density at radius 3 is 2.42 bits per heavy atom. The fraction of sp³-hybridized carbons (Fsp3) is 0.857. The van der Waals surface area contributed by atoms with Gasteiger partial charge in [-0.15, -0.1) is 12.4 Å². The first-order valence-electron chi connectivity index (χ1n) is 3.70. The fourth-order valence-electron chi connectivity index (χ4n) is 1.23. The van der Waals surface area contributed by atoms with E-state index in [1.807, 2.05) is 0 Å². The summed E-state index contributed by atoms with van der Waals surface area (Å²) in [5.74, 6) is -0.515. The van der Waals surface area contributed by atoms with Gasteiger partial charge < -0.3 is 15.2 Å². The Balaban J connectivity index is 0.00000121. The quantitative estimate of drug-likeness (QED) is 0.564. The molecule has 0 aromatic heterocycles. The molecule has 0 amide bonds. The summed E-state index contributed by atoms with van der Waals surface area (Å²) in [6.07, 6.45) is 0.888. The highest BCUT2D eigenvalue weighted by atomic mass is 35.5. The number of esters is 1. The third-order valence-electron chi connectivity index (χ3n) is 2.00. The van der Waals surface area contributed by atoms with E-state index >= 15 is 0 Å². The van der Waals surface area contributed by atoms with Gasteiger partial charge in [-0.05, 0) is 25.9 Å². The van der Waals surface area contributed by atoms with E-state index in [-0.39, 0.29) is 12.4 Å². The molecule has 0 atom stereocenters. The van der Waals surface area contributed by atoms with Gasteiger partial charge in [-0.2, -0.15) is 0 Å². The van der Waals surface area contributed by atoms with Crippen LogP contribution in [0.5, 0.6) is 0 Å². The predicted molar refractivity (Wildman–Crippen MR) is 46.3 cm³/mol. The third kappa shape index (κ3) is 2.33. The SMILES string of the molecule is COC(=O)C1(O)CCNCC1.Cl.